The normalized spacial score (nSPS) is 20.7. The summed E-state index contributed by atoms with van der Waals surface area (Å²) in [5.41, 5.74) is 4.96. The van der Waals surface area contributed by atoms with Crippen LogP contribution in [0.1, 0.15) is 10.9 Å². The van der Waals surface area contributed by atoms with Crippen molar-refractivity contribution >= 4 is 28.9 Å². The van der Waals surface area contributed by atoms with Crippen LogP contribution in [0.15, 0.2) is 12.1 Å². The van der Waals surface area contributed by atoms with E-state index in [4.69, 9.17) is 27.2 Å². The van der Waals surface area contributed by atoms with E-state index in [2.05, 4.69) is 0 Å². The van der Waals surface area contributed by atoms with Crippen molar-refractivity contribution in [2.45, 2.75) is 6.04 Å². The van der Waals surface area contributed by atoms with Crippen molar-refractivity contribution in [2.75, 3.05) is 13.2 Å². The predicted octanol–water partition coefficient (Wildman–Crippen LogP) is 1.50. The molecular weight excluding hydrogens is 238 g/mol. The molecule has 1 aromatic heterocycles. The van der Waals surface area contributed by atoms with E-state index < -0.39 is 17.4 Å². The van der Waals surface area contributed by atoms with Gasteiger partial charge in [-0.15, -0.1) is 11.3 Å². The molecule has 1 unspecified atom stereocenters. The Kier molecular flexibility index (Phi) is 2.72. The standard InChI is InChI=1S/C9H10ClNO3S/c10-6-2-1-5(15-6)7(11)9(8(12)13)3-14-4-9/h1-2,7H,3-4,11H2,(H,12,13). The molecule has 1 aliphatic heterocycles. The molecule has 0 amide bonds. The highest BCUT2D eigenvalue weighted by Gasteiger charge is 2.52. The highest BCUT2D eigenvalue weighted by atomic mass is 35.5. The van der Waals surface area contributed by atoms with Gasteiger partial charge in [0.25, 0.3) is 0 Å². The molecule has 2 rings (SSSR count). The number of carboxylic acids is 1. The Hall–Kier alpha value is -0.620. The minimum Gasteiger partial charge on any atom is -0.481 e. The van der Waals surface area contributed by atoms with Gasteiger partial charge in [-0.05, 0) is 12.1 Å². The Morgan fingerprint density at radius 2 is 2.33 bits per heavy atom. The first-order valence-electron chi connectivity index (χ1n) is 4.38. The summed E-state index contributed by atoms with van der Waals surface area (Å²) in [4.78, 5) is 11.9. The van der Waals surface area contributed by atoms with E-state index in [0.29, 0.717) is 4.34 Å². The van der Waals surface area contributed by atoms with Crippen LogP contribution >= 0.6 is 22.9 Å². The smallest absolute Gasteiger partial charge is 0.316 e. The summed E-state index contributed by atoms with van der Waals surface area (Å²) in [7, 11) is 0. The summed E-state index contributed by atoms with van der Waals surface area (Å²) >= 11 is 7.09. The van der Waals surface area contributed by atoms with Crippen LogP contribution in [0.2, 0.25) is 4.34 Å². The SMILES string of the molecule is NC(c1ccc(Cl)s1)C1(C(=O)O)COC1. The van der Waals surface area contributed by atoms with E-state index in [1.54, 1.807) is 12.1 Å². The van der Waals surface area contributed by atoms with E-state index in [9.17, 15) is 4.79 Å². The molecule has 0 spiro atoms. The number of carboxylic acid groups (broad SMARTS) is 1. The van der Waals surface area contributed by atoms with Crippen molar-refractivity contribution in [3.8, 4) is 0 Å². The zero-order valence-electron chi connectivity index (χ0n) is 7.77. The van der Waals surface area contributed by atoms with Crippen molar-refractivity contribution in [1.82, 2.24) is 0 Å². The molecule has 1 saturated heterocycles. The largest absolute Gasteiger partial charge is 0.481 e. The van der Waals surface area contributed by atoms with E-state index in [-0.39, 0.29) is 13.2 Å². The summed E-state index contributed by atoms with van der Waals surface area (Å²) in [5, 5.41) is 9.13. The van der Waals surface area contributed by atoms with E-state index in [1.165, 1.54) is 11.3 Å². The van der Waals surface area contributed by atoms with Crippen LogP contribution in [0.3, 0.4) is 0 Å². The fraction of sp³-hybridized carbons (Fsp3) is 0.444. The molecule has 0 radical (unpaired) electrons. The molecule has 15 heavy (non-hydrogen) atoms. The van der Waals surface area contributed by atoms with Gasteiger partial charge in [-0.2, -0.15) is 0 Å². The molecule has 4 nitrogen and oxygen atoms in total. The second kappa shape index (κ2) is 3.75. The van der Waals surface area contributed by atoms with Gasteiger partial charge in [0.05, 0.1) is 23.6 Å². The second-order valence-corrected chi connectivity index (χ2v) is 5.32. The summed E-state index contributed by atoms with van der Waals surface area (Å²) < 4.78 is 5.57. The lowest BCUT2D eigenvalue weighted by Crippen LogP contribution is -2.55. The van der Waals surface area contributed by atoms with E-state index in [0.717, 1.165) is 4.88 Å². The van der Waals surface area contributed by atoms with Crippen molar-refractivity contribution in [3.05, 3.63) is 21.3 Å². The maximum atomic E-state index is 11.1. The lowest BCUT2D eigenvalue weighted by Gasteiger charge is -2.41. The summed E-state index contributed by atoms with van der Waals surface area (Å²) in [6, 6.07) is 2.93. The quantitative estimate of drug-likeness (QED) is 0.849. The molecule has 2 heterocycles. The van der Waals surface area contributed by atoms with Gasteiger partial charge in [0.1, 0.15) is 5.41 Å². The van der Waals surface area contributed by atoms with Gasteiger partial charge in [-0.3, -0.25) is 4.79 Å². The lowest BCUT2D eigenvalue weighted by atomic mass is 9.78. The highest BCUT2D eigenvalue weighted by molar-refractivity contribution is 7.16. The van der Waals surface area contributed by atoms with Crippen LogP contribution in [0.4, 0.5) is 0 Å². The zero-order valence-corrected chi connectivity index (χ0v) is 9.35. The van der Waals surface area contributed by atoms with Gasteiger partial charge in [0, 0.05) is 4.88 Å². The molecule has 0 aromatic carbocycles. The Bertz CT molecular complexity index is 388. The Morgan fingerprint density at radius 3 is 2.67 bits per heavy atom. The van der Waals surface area contributed by atoms with Crippen molar-refractivity contribution in [3.63, 3.8) is 0 Å². The van der Waals surface area contributed by atoms with Crippen molar-refractivity contribution in [1.29, 1.82) is 0 Å². The summed E-state index contributed by atoms with van der Waals surface area (Å²) in [5.74, 6) is -0.911. The minimum atomic E-state index is -0.978. The lowest BCUT2D eigenvalue weighted by molar-refractivity contribution is -0.184. The van der Waals surface area contributed by atoms with Crippen molar-refractivity contribution in [2.24, 2.45) is 11.1 Å². The Morgan fingerprint density at radius 1 is 1.67 bits per heavy atom. The molecular formula is C9H10ClNO3S. The average Bonchev–Trinajstić information content (AvgIpc) is 2.48. The number of hydrogen-bond acceptors (Lipinski definition) is 4. The van der Waals surface area contributed by atoms with Gasteiger partial charge in [-0.1, -0.05) is 11.6 Å². The zero-order chi connectivity index (χ0) is 11.1. The molecule has 1 atom stereocenters. The van der Waals surface area contributed by atoms with E-state index >= 15 is 0 Å². The predicted molar refractivity (Wildman–Crippen MR) is 57.1 cm³/mol. The first-order chi connectivity index (χ1) is 7.06. The number of halogens is 1. The Balaban J connectivity index is 2.26. The molecule has 0 aliphatic carbocycles. The molecule has 3 N–H and O–H groups in total. The third kappa shape index (κ3) is 1.65. The fourth-order valence-corrected chi connectivity index (χ4v) is 2.71. The van der Waals surface area contributed by atoms with Gasteiger partial charge in [-0.25, -0.2) is 0 Å². The number of hydrogen-bond donors (Lipinski definition) is 2. The number of thiophene rings is 1. The molecule has 6 heteroatoms. The maximum absolute atomic E-state index is 11.1. The van der Waals surface area contributed by atoms with Gasteiger partial charge in [0.2, 0.25) is 0 Å². The second-order valence-electron chi connectivity index (χ2n) is 3.57. The topological polar surface area (TPSA) is 72.6 Å². The van der Waals surface area contributed by atoms with Gasteiger partial charge >= 0.3 is 5.97 Å². The van der Waals surface area contributed by atoms with Crippen LogP contribution < -0.4 is 5.73 Å². The monoisotopic (exact) mass is 247 g/mol. The summed E-state index contributed by atoms with van der Waals surface area (Å²) in [6.07, 6.45) is 0. The first-order valence-corrected chi connectivity index (χ1v) is 5.58. The number of nitrogens with two attached hydrogens (primary N) is 1. The molecule has 1 aromatic rings. The number of ether oxygens (including phenoxy) is 1. The van der Waals surface area contributed by atoms with Crippen molar-refractivity contribution < 1.29 is 14.6 Å². The first kappa shape index (κ1) is 10.9. The average molecular weight is 248 g/mol. The van der Waals surface area contributed by atoms with Crippen LogP contribution in [0.5, 0.6) is 0 Å². The number of aliphatic carboxylic acids is 1. The Labute approximate surface area is 95.6 Å². The van der Waals surface area contributed by atoms with Crippen LogP contribution in [-0.2, 0) is 9.53 Å². The molecule has 0 bridgehead atoms. The molecule has 1 aliphatic rings. The van der Waals surface area contributed by atoms with Gasteiger partial charge in [0.15, 0.2) is 0 Å². The number of carbonyl (C=O) groups is 1. The maximum Gasteiger partial charge on any atom is 0.316 e. The van der Waals surface area contributed by atoms with Crippen LogP contribution in [0, 0.1) is 5.41 Å². The third-order valence-electron chi connectivity index (χ3n) is 2.64. The summed E-state index contributed by atoms with van der Waals surface area (Å²) in [6.45, 7) is 0.331. The van der Waals surface area contributed by atoms with Crippen LogP contribution in [-0.4, -0.2) is 24.3 Å². The highest BCUT2D eigenvalue weighted by Crippen LogP contribution is 2.42. The van der Waals surface area contributed by atoms with Gasteiger partial charge < -0.3 is 15.6 Å². The molecule has 1 fully saturated rings. The minimum absolute atomic E-state index is 0.166. The van der Waals surface area contributed by atoms with E-state index in [1.807, 2.05) is 0 Å². The number of rotatable bonds is 3. The third-order valence-corrected chi connectivity index (χ3v) is 3.96. The molecule has 0 saturated carbocycles. The molecule has 82 valence electrons. The fourth-order valence-electron chi connectivity index (χ4n) is 1.53. The van der Waals surface area contributed by atoms with Crippen LogP contribution in [0.25, 0.3) is 0 Å².